The van der Waals surface area contributed by atoms with Crippen LogP contribution >= 0.6 is 11.3 Å². The molecule has 0 saturated heterocycles. The van der Waals surface area contributed by atoms with E-state index in [9.17, 15) is 4.79 Å². The molecule has 3 N–H and O–H groups in total. The smallest absolute Gasteiger partial charge is 0.407 e. The first-order chi connectivity index (χ1) is 9.73. The van der Waals surface area contributed by atoms with E-state index in [0.717, 1.165) is 6.54 Å². The minimum absolute atomic E-state index is 0.0532. The molecule has 2 atom stereocenters. The Labute approximate surface area is 131 Å². The van der Waals surface area contributed by atoms with Crippen molar-refractivity contribution in [1.29, 1.82) is 0 Å². The van der Waals surface area contributed by atoms with E-state index in [4.69, 9.17) is 10.5 Å². The molecule has 2 unspecified atom stereocenters. The molecule has 1 aromatic rings. The predicted octanol–water partition coefficient (Wildman–Crippen LogP) is 2.42. The average molecular weight is 313 g/mol. The number of rotatable bonds is 6. The highest BCUT2D eigenvalue weighted by Crippen LogP contribution is 2.12. The first-order valence-corrected chi connectivity index (χ1v) is 8.08. The van der Waals surface area contributed by atoms with Crippen LogP contribution in [-0.4, -0.2) is 42.3 Å². The number of hydrogen-bond acceptors (Lipinski definition) is 5. The Morgan fingerprint density at radius 3 is 2.67 bits per heavy atom. The van der Waals surface area contributed by atoms with Crippen molar-refractivity contribution >= 4 is 17.4 Å². The maximum absolute atomic E-state index is 11.8. The van der Waals surface area contributed by atoms with Crippen LogP contribution in [0, 0.1) is 0 Å². The van der Waals surface area contributed by atoms with Gasteiger partial charge in [0.1, 0.15) is 5.60 Å². The van der Waals surface area contributed by atoms with Crippen LogP contribution in [0.15, 0.2) is 16.8 Å². The summed E-state index contributed by atoms with van der Waals surface area (Å²) in [4.78, 5) is 14.0. The van der Waals surface area contributed by atoms with Crippen molar-refractivity contribution in [3.05, 3.63) is 22.4 Å². The zero-order valence-corrected chi connectivity index (χ0v) is 14.4. The Morgan fingerprint density at radius 2 is 2.19 bits per heavy atom. The summed E-state index contributed by atoms with van der Waals surface area (Å²) in [7, 11) is 2.02. The molecule has 0 bridgehead atoms. The van der Waals surface area contributed by atoms with E-state index in [0.29, 0.717) is 6.54 Å². The summed E-state index contributed by atoms with van der Waals surface area (Å²) < 4.78 is 5.28. The van der Waals surface area contributed by atoms with Crippen molar-refractivity contribution in [3.8, 4) is 0 Å². The monoisotopic (exact) mass is 313 g/mol. The quantitative estimate of drug-likeness (QED) is 0.846. The summed E-state index contributed by atoms with van der Waals surface area (Å²) in [5.41, 5.74) is 6.63. The molecule has 6 heteroatoms. The molecule has 0 radical (unpaired) electrons. The SMILES string of the molecule is CC(NC(=O)OC(C)(C)C)C(CN)N(C)Cc1ccsc1. The first-order valence-electron chi connectivity index (χ1n) is 7.14. The van der Waals surface area contributed by atoms with E-state index < -0.39 is 11.7 Å². The maximum atomic E-state index is 11.8. The molecule has 21 heavy (non-hydrogen) atoms. The number of carbonyl (C=O) groups excluding carboxylic acids is 1. The summed E-state index contributed by atoms with van der Waals surface area (Å²) in [6.45, 7) is 8.77. The highest BCUT2D eigenvalue weighted by Gasteiger charge is 2.24. The van der Waals surface area contributed by atoms with Crippen LogP contribution in [0.4, 0.5) is 4.79 Å². The van der Waals surface area contributed by atoms with Crippen LogP contribution in [0.25, 0.3) is 0 Å². The van der Waals surface area contributed by atoms with Crippen molar-refractivity contribution < 1.29 is 9.53 Å². The number of hydrogen-bond donors (Lipinski definition) is 2. The minimum atomic E-state index is -0.495. The van der Waals surface area contributed by atoms with Gasteiger partial charge < -0.3 is 15.8 Å². The molecule has 0 aromatic carbocycles. The molecule has 1 heterocycles. The fourth-order valence-corrected chi connectivity index (χ4v) is 2.80. The number of nitrogens with one attached hydrogen (secondary N) is 1. The third kappa shape index (κ3) is 6.46. The average Bonchev–Trinajstić information content (AvgIpc) is 2.79. The van der Waals surface area contributed by atoms with Crippen LogP contribution in [0.5, 0.6) is 0 Å². The van der Waals surface area contributed by atoms with E-state index in [2.05, 4.69) is 27.0 Å². The molecule has 0 aliphatic carbocycles. The lowest BCUT2D eigenvalue weighted by Gasteiger charge is -2.32. The van der Waals surface area contributed by atoms with Crippen molar-refractivity contribution in [2.45, 2.75) is 51.9 Å². The van der Waals surface area contributed by atoms with E-state index in [-0.39, 0.29) is 12.1 Å². The van der Waals surface area contributed by atoms with Crippen LogP contribution < -0.4 is 11.1 Å². The normalized spacial score (nSPS) is 14.8. The van der Waals surface area contributed by atoms with Crippen molar-refractivity contribution in [3.63, 3.8) is 0 Å². The number of alkyl carbamates (subject to hydrolysis) is 1. The molecular weight excluding hydrogens is 286 g/mol. The highest BCUT2D eigenvalue weighted by molar-refractivity contribution is 7.07. The van der Waals surface area contributed by atoms with Gasteiger partial charge in [0.05, 0.1) is 0 Å². The van der Waals surface area contributed by atoms with Crippen molar-refractivity contribution in [1.82, 2.24) is 10.2 Å². The number of ether oxygens (including phenoxy) is 1. The van der Waals surface area contributed by atoms with Gasteiger partial charge in [0.15, 0.2) is 0 Å². The van der Waals surface area contributed by atoms with Gasteiger partial charge in [-0.15, -0.1) is 0 Å². The third-order valence-corrected chi connectivity index (χ3v) is 3.87. The minimum Gasteiger partial charge on any atom is -0.444 e. The summed E-state index contributed by atoms with van der Waals surface area (Å²) in [5.74, 6) is 0. The molecule has 1 rings (SSSR count). The van der Waals surface area contributed by atoms with Gasteiger partial charge in [-0.3, -0.25) is 4.90 Å². The zero-order chi connectivity index (χ0) is 16.0. The second-order valence-electron chi connectivity index (χ2n) is 6.28. The van der Waals surface area contributed by atoms with E-state index >= 15 is 0 Å². The number of amides is 1. The van der Waals surface area contributed by atoms with Crippen LogP contribution in [-0.2, 0) is 11.3 Å². The molecule has 0 aliphatic heterocycles. The number of nitrogens with zero attached hydrogens (tertiary/aromatic N) is 1. The first kappa shape index (κ1) is 17.9. The van der Waals surface area contributed by atoms with Gasteiger partial charge in [-0.1, -0.05) is 0 Å². The van der Waals surface area contributed by atoms with Gasteiger partial charge in [0.25, 0.3) is 0 Å². The molecule has 120 valence electrons. The fraction of sp³-hybridized carbons (Fsp3) is 0.667. The number of nitrogens with two attached hydrogens (primary N) is 1. The second-order valence-corrected chi connectivity index (χ2v) is 7.06. The van der Waals surface area contributed by atoms with Crippen LogP contribution in [0.1, 0.15) is 33.3 Å². The van der Waals surface area contributed by atoms with Gasteiger partial charge >= 0.3 is 6.09 Å². The van der Waals surface area contributed by atoms with E-state index in [1.165, 1.54) is 5.56 Å². The predicted molar refractivity (Wildman–Crippen MR) is 87.5 cm³/mol. The van der Waals surface area contributed by atoms with E-state index in [1.807, 2.05) is 34.7 Å². The molecule has 1 amide bonds. The molecule has 1 aromatic heterocycles. The Bertz CT molecular complexity index is 429. The van der Waals surface area contributed by atoms with Crippen molar-refractivity contribution in [2.75, 3.05) is 13.6 Å². The van der Waals surface area contributed by atoms with Crippen LogP contribution in [0.3, 0.4) is 0 Å². The zero-order valence-electron chi connectivity index (χ0n) is 13.6. The van der Waals surface area contributed by atoms with Gasteiger partial charge in [0.2, 0.25) is 0 Å². The van der Waals surface area contributed by atoms with Crippen molar-refractivity contribution in [2.24, 2.45) is 5.73 Å². The standard InChI is InChI=1S/C15H27N3O2S/c1-11(17-14(19)20-15(2,3)4)13(8-16)18(5)9-12-6-7-21-10-12/h6-7,10-11,13H,8-9,16H2,1-5H3,(H,17,19). The Morgan fingerprint density at radius 1 is 1.52 bits per heavy atom. The number of thiophene rings is 1. The lowest BCUT2D eigenvalue weighted by Crippen LogP contribution is -2.53. The van der Waals surface area contributed by atoms with Gasteiger partial charge in [-0.25, -0.2) is 4.79 Å². The summed E-state index contributed by atoms with van der Waals surface area (Å²) in [6.07, 6.45) is -0.405. The van der Waals surface area contributed by atoms with Gasteiger partial charge in [-0.05, 0) is 57.1 Å². The highest BCUT2D eigenvalue weighted by atomic mass is 32.1. The Hall–Kier alpha value is -1.11. The topological polar surface area (TPSA) is 67.6 Å². The molecular formula is C15H27N3O2S. The summed E-state index contributed by atoms with van der Waals surface area (Å²) in [6, 6.07) is 2.06. The molecule has 0 saturated carbocycles. The lowest BCUT2D eigenvalue weighted by atomic mass is 10.1. The van der Waals surface area contributed by atoms with Crippen LogP contribution in [0.2, 0.25) is 0 Å². The number of likely N-dealkylation sites (N-methyl/N-ethyl adjacent to an activating group) is 1. The number of carbonyl (C=O) groups is 1. The molecule has 0 spiro atoms. The molecule has 0 aliphatic rings. The van der Waals surface area contributed by atoms with Gasteiger partial charge in [-0.2, -0.15) is 11.3 Å². The summed E-state index contributed by atoms with van der Waals surface area (Å²) >= 11 is 1.68. The maximum Gasteiger partial charge on any atom is 0.407 e. The van der Waals surface area contributed by atoms with E-state index in [1.54, 1.807) is 11.3 Å². The lowest BCUT2D eigenvalue weighted by molar-refractivity contribution is 0.0476. The van der Waals surface area contributed by atoms with Gasteiger partial charge in [0, 0.05) is 25.2 Å². The molecule has 5 nitrogen and oxygen atoms in total. The Balaban J connectivity index is 2.55. The third-order valence-electron chi connectivity index (χ3n) is 3.14. The second kappa shape index (κ2) is 7.77. The summed E-state index contributed by atoms with van der Waals surface area (Å²) in [5, 5.41) is 7.05. The molecule has 0 fully saturated rings. The fourth-order valence-electron chi connectivity index (χ4n) is 2.14. The Kier molecular flexibility index (Phi) is 6.64. The largest absolute Gasteiger partial charge is 0.444 e.